The fraction of sp³-hybridized carbons (Fsp3) is 0.214. The Bertz CT molecular complexity index is 725. The van der Waals surface area contributed by atoms with Crippen LogP contribution in [0.1, 0.15) is 29.4 Å². The van der Waals surface area contributed by atoms with Crippen molar-refractivity contribution in [2.24, 2.45) is 0 Å². The standard InChI is InChI=1S/C14H10BrF3N2O/c15-7-3-13(20(6-7)8-1-2-8)14(21)19-12-5-10(17)9(16)4-11(12)18/h3-6,8H,1-2H2,(H,19,21). The van der Waals surface area contributed by atoms with E-state index < -0.39 is 29.0 Å². The highest BCUT2D eigenvalue weighted by atomic mass is 79.9. The molecule has 0 radical (unpaired) electrons. The van der Waals surface area contributed by atoms with Crippen molar-refractivity contribution in [3.05, 3.63) is 52.0 Å². The molecule has 0 unspecified atom stereocenters. The quantitative estimate of drug-likeness (QED) is 0.817. The van der Waals surface area contributed by atoms with Crippen LogP contribution in [0.25, 0.3) is 0 Å². The van der Waals surface area contributed by atoms with Crippen molar-refractivity contribution < 1.29 is 18.0 Å². The molecule has 0 saturated heterocycles. The Morgan fingerprint density at radius 2 is 1.81 bits per heavy atom. The third-order valence-corrected chi connectivity index (χ3v) is 3.68. The summed E-state index contributed by atoms with van der Waals surface area (Å²) in [4.78, 5) is 12.2. The lowest BCUT2D eigenvalue weighted by molar-refractivity contribution is 0.101. The first-order chi connectivity index (χ1) is 9.95. The highest BCUT2D eigenvalue weighted by molar-refractivity contribution is 9.10. The van der Waals surface area contributed by atoms with Gasteiger partial charge in [0.2, 0.25) is 0 Å². The molecule has 1 N–H and O–H groups in total. The predicted molar refractivity (Wildman–Crippen MR) is 74.7 cm³/mol. The third-order valence-electron chi connectivity index (χ3n) is 3.25. The number of anilines is 1. The Morgan fingerprint density at radius 3 is 2.48 bits per heavy atom. The zero-order chi connectivity index (χ0) is 15.1. The Kier molecular flexibility index (Phi) is 3.52. The van der Waals surface area contributed by atoms with Gasteiger partial charge in [0.25, 0.3) is 5.91 Å². The number of halogens is 4. The van der Waals surface area contributed by atoms with Gasteiger partial charge < -0.3 is 9.88 Å². The van der Waals surface area contributed by atoms with Crippen LogP contribution >= 0.6 is 15.9 Å². The van der Waals surface area contributed by atoms with Crippen molar-refractivity contribution >= 4 is 27.5 Å². The van der Waals surface area contributed by atoms with Gasteiger partial charge in [0.05, 0.1) is 5.69 Å². The Morgan fingerprint density at radius 1 is 1.14 bits per heavy atom. The molecule has 1 aromatic carbocycles. The zero-order valence-electron chi connectivity index (χ0n) is 10.7. The number of hydrogen-bond donors (Lipinski definition) is 1. The lowest BCUT2D eigenvalue weighted by Gasteiger charge is -2.09. The molecule has 3 rings (SSSR count). The molecule has 2 aromatic rings. The molecule has 1 heterocycles. The first-order valence-corrected chi connectivity index (χ1v) is 7.08. The summed E-state index contributed by atoms with van der Waals surface area (Å²) < 4.78 is 42.1. The van der Waals surface area contributed by atoms with Crippen molar-refractivity contribution in [3.63, 3.8) is 0 Å². The van der Waals surface area contributed by atoms with Crippen molar-refractivity contribution in [1.29, 1.82) is 0 Å². The van der Waals surface area contributed by atoms with E-state index in [0.717, 1.165) is 17.3 Å². The molecule has 1 amide bonds. The van der Waals surface area contributed by atoms with Gasteiger partial charge in [-0.05, 0) is 34.8 Å². The van der Waals surface area contributed by atoms with Gasteiger partial charge in [-0.15, -0.1) is 0 Å². The fourth-order valence-electron chi connectivity index (χ4n) is 2.09. The van der Waals surface area contributed by atoms with Gasteiger partial charge in [0, 0.05) is 28.8 Å². The largest absolute Gasteiger partial charge is 0.339 e. The number of amides is 1. The number of nitrogens with one attached hydrogen (secondary N) is 1. The van der Waals surface area contributed by atoms with E-state index in [1.54, 1.807) is 16.8 Å². The number of benzene rings is 1. The topological polar surface area (TPSA) is 34.0 Å². The summed E-state index contributed by atoms with van der Waals surface area (Å²) in [6.45, 7) is 0. The van der Waals surface area contributed by atoms with E-state index in [1.165, 1.54) is 0 Å². The van der Waals surface area contributed by atoms with Crippen LogP contribution in [0.4, 0.5) is 18.9 Å². The monoisotopic (exact) mass is 358 g/mol. The number of carbonyl (C=O) groups is 1. The number of hydrogen-bond acceptors (Lipinski definition) is 1. The Labute approximate surface area is 126 Å². The number of aromatic nitrogens is 1. The molecular formula is C14H10BrF3N2O. The number of carbonyl (C=O) groups excluding carboxylic acids is 1. The first kappa shape index (κ1) is 14.2. The van der Waals surface area contributed by atoms with Crippen LogP contribution in [0.2, 0.25) is 0 Å². The van der Waals surface area contributed by atoms with Crippen molar-refractivity contribution in [2.75, 3.05) is 5.32 Å². The van der Waals surface area contributed by atoms with E-state index in [0.29, 0.717) is 17.8 Å². The van der Waals surface area contributed by atoms with E-state index in [2.05, 4.69) is 21.2 Å². The maximum atomic E-state index is 13.5. The molecule has 0 bridgehead atoms. The van der Waals surface area contributed by atoms with Crippen LogP contribution in [0.15, 0.2) is 28.9 Å². The molecule has 1 aliphatic carbocycles. The molecule has 7 heteroatoms. The molecular weight excluding hydrogens is 349 g/mol. The molecule has 1 aliphatic rings. The lowest BCUT2D eigenvalue weighted by Crippen LogP contribution is -2.17. The van der Waals surface area contributed by atoms with Crippen LogP contribution in [-0.4, -0.2) is 10.5 Å². The fourth-order valence-corrected chi connectivity index (χ4v) is 2.52. The summed E-state index contributed by atoms with van der Waals surface area (Å²) in [5.74, 6) is -4.11. The Balaban J connectivity index is 1.88. The minimum absolute atomic E-state index is 0.256. The molecule has 110 valence electrons. The second-order valence-corrected chi connectivity index (χ2v) is 5.80. The van der Waals surface area contributed by atoms with Gasteiger partial charge in [-0.2, -0.15) is 0 Å². The summed E-state index contributed by atoms with van der Waals surface area (Å²) in [7, 11) is 0. The molecule has 1 aromatic heterocycles. The van der Waals surface area contributed by atoms with Gasteiger partial charge in [0.15, 0.2) is 11.6 Å². The molecule has 3 nitrogen and oxygen atoms in total. The van der Waals surface area contributed by atoms with Crippen LogP contribution in [0.5, 0.6) is 0 Å². The van der Waals surface area contributed by atoms with Crippen molar-refractivity contribution in [3.8, 4) is 0 Å². The smallest absolute Gasteiger partial charge is 0.272 e. The number of rotatable bonds is 3. The van der Waals surface area contributed by atoms with Crippen LogP contribution in [0.3, 0.4) is 0 Å². The summed E-state index contributed by atoms with van der Waals surface area (Å²) >= 11 is 3.28. The third kappa shape index (κ3) is 2.83. The Hall–Kier alpha value is -1.76. The summed E-state index contributed by atoms with van der Waals surface area (Å²) in [6.07, 6.45) is 3.72. The molecule has 0 aliphatic heterocycles. The minimum Gasteiger partial charge on any atom is -0.339 e. The minimum atomic E-state index is -1.30. The highest BCUT2D eigenvalue weighted by Gasteiger charge is 2.28. The molecule has 0 spiro atoms. The van der Waals surface area contributed by atoms with Gasteiger partial charge in [-0.3, -0.25) is 4.79 Å². The maximum Gasteiger partial charge on any atom is 0.272 e. The normalized spacial score (nSPS) is 14.3. The van der Waals surface area contributed by atoms with Gasteiger partial charge in [-0.25, -0.2) is 13.2 Å². The zero-order valence-corrected chi connectivity index (χ0v) is 12.3. The molecule has 0 atom stereocenters. The molecule has 1 fully saturated rings. The average Bonchev–Trinajstić information content (AvgIpc) is 3.18. The second kappa shape index (κ2) is 5.22. The van der Waals surface area contributed by atoms with Gasteiger partial charge in [0.1, 0.15) is 11.5 Å². The van der Waals surface area contributed by atoms with E-state index in [9.17, 15) is 18.0 Å². The van der Waals surface area contributed by atoms with E-state index in [1.807, 2.05) is 0 Å². The molecule has 21 heavy (non-hydrogen) atoms. The summed E-state index contributed by atoms with van der Waals surface area (Å²) in [5.41, 5.74) is -0.0490. The molecule has 1 saturated carbocycles. The van der Waals surface area contributed by atoms with Crippen LogP contribution in [0, 0.1) is 17.5 Å². The van der Waals surface area contributed by atoms with E-state index >= 15 is 0 Å². The lowest BCUT2D eigenvalue weighted by atomic mass is 10.2. The van der Waals surface area contributed by atoms with Gasteiger partial charge in [-0.1, -0.05) is 0 Å². The maximum absolute atomic E-state index is 13.5. The summed E-state index contributed by atoms with van der Waals surface area (Å²) in [5, 5.41) is 2.27. The van der Waals surface area contributed by atoms with Gasteiger partial charge >= 0.3 is 0 Å². The van der Waals surface area contributed by atoms with E-state index in [-0.39, 0.29) is 6.04 Å². The SMILES string of the molecule is O=C(Nc1cc(F)c(F)cc1F)c1cc(Br)cn1C1CC1. The number of nitrogens with zero attached hydrogens (tertiary/aromatic N) is 1. The van der Waals surface area contributed by atoms with Crippen LogP contribution in [-0.2, 0) is 0 Å². The van der Waals surface area contributed by atoms with Crippen LogP contribution < -0.4 is 5.32 Å². The highest BCUT2D eigenvalue weighted by Crippen LogP contribution is 2.37. The first-order valence-electron chi connectivity index (χ1n) is 6.29. The van der Waals surface area contributed by atoms with E-state index in [4.69, 9.17) is 0 Å². The van der Waals surface area contributed by atoms with Crippen molar-refractivity contribution in [1.82, 2.24) is 4.57 Å². The van der Waals surface area contributed by atoms with Crippen molar-refractivity contribution in [2.45, 2.75) is 18.9 Å². The predicted octanol–water partition coefficient (Wildman–Crippen LogP) is 4.26. The second-order valence-electron chi connectivity index (χ2n) is 4.88. The average molecular weight is 359 g/mol. The summed E-state index contributed by atoms with van der Waals surface area (Å²) in [6, 6.07) is 2.89.